The summed E-state index contributed by atoms with van der Waals surface area (Å²) in [6.45, 7) is 6.36. The number of nitrogens with one attached hydrogen (secondary N) is 1. The molecular formula is C16H24N2O2S. The molecule has 1 saturated carbocycles. The number of hydrogen-bond acceptors (Lipinski definition) is 4. The zero-order valence-corrected chi connectivity index (χ0v) is 13.7. The maximum Gasteiger partial charge on any atom is 0.244 e. The highest BCUT2D eigenvalue weighted by atomic mass is 32.1. The van der Waals surface area contributed by atoms with E-state index >= 15 is 0 Å². The molecule has 21 heavy (non-hydrogen) atoms. The predicted molar refractivity (Wildman–Crippen MR) is 84.3 cm³/mol. The molecule has 1 spiro atoms. The molecule has 1 aromatic heterocycles. The summed E-state index contributed by atoms with van der Waals surface area (Å²) in [4.78, 5) is 17.1. The SMILES string of the molecule is CCCCOCCN1C(=O)C2(CC2)NC1c1ccc(C)s1. The zero-order valence-electron chi connectivity index (χ0n) is 12.9. The molecule has 0 radical (unpaired) electrons. The smallest absolute Gasteiger partial charge is 0.244 e. The van der Waals surface area contributed by atoms with Gasteiger partial charge in [0.05, 0.1) is 6.61 Å². The topological polar surface area (TPSA) is 41.6 Å². The van der Waals surface area contributed by atoms with Crippen molar-refractivity contribution in [2.75, 3.05) is 19.8 Å². The Balaban J connectivity index is 1.64. The summed E-state index contributed by atoms with van der Waals surface area (Å²) in [6.07, 6.45) is 4.21. The molecule has 1 unspecified atom stereocenters. The number of hydrogen-bond donors (Lipinski definition) is 1. The fourth-order valence-electron chi connectivity index (χ4n) is 2.84. The van der Waals surface area contributed by atoms with E-state index in [1.165, 1.54) is 9.75 Å². The summed E-state index contributed by atoms with van der Waals surface area (Å²) in [5.41, 5.74) is -0.258. The third kappa shape index (κ3) is 3.00. The fourth-order valence-corrected chi connectivity index (χ4v) is 3.79. The minimum atomic E-state index is -0.258. The molecule has 1 N–H and O–H groups in total. The fraction of sp³-hybridized carbons (Fsp3) is 0.688. The summed E-state index contributed by atoms with van der Waals surface area (Å²) < 4.78 is 5.64. The molecule has 116 valence electrons. The van der Waals surface area contributed by atoms with Crippen LogP contribution in [-0.4, -0.2) is 36.1 Å². The van der Waals surface area contributed by atoms with E-state index in [0.29, 0.717) is 13.2 Å². The van der Waals surface area contributed by atoms with Crippen LogP contribution in [0.1, 0.15) is 48.5 Å². The number of rotatable bonds is 7. The number of carbonyl (C=O) groups excluding carboxylic acids is 1. The summed E-state index contributed by atoms with van der Waals surface area (Å²) >= 11 is 1.77. The quantitative estimate of drug-likeness (QED) is 0.788. The number of ether oxygens (including phenoxy) is 1. The van der Waals surface area contributed by atoms with Gasteiger partial charge in [0.15, 0.2) is 0 Å². The van der Waals surface area contributed by atoms with Crippen molar-refractivity contribution in [1.82, 2.24) is 10.2 Å². The lowest BCUT2D eigenvalue weighted by Gasteiger charge is -2.23. The van der Waals surface area contributed by atoms with Gasteiger partial charge in [-0.15, -0.1) is 11.3 Å². The number of nitrogens with zero attached hydrogens (tertiary/aromatic N) is 1. The van der Waals surface area contributed by atoms with Crippen LogP contribution in [0.5, 0.6) is 0 Å². The second kappa shape index (κ2) is 6.07. The van der Waals surface area contributed by atoms with Crippen molar-refractivity contribution in [2.45, 2.75) is 51.2 Å². The van der Waals surface area contributed by atoms with Gasteiger partial charge in [0.25, 0.3) is 0 Å². The van der Waals surface area contributed by atoms with E-state index in [2.05, 4.69) is 31.3 Å². The van der Waals surface area contributed by atoms with Gasteiger partial charge in [0.1, 0.15) is 11.7 Å². The van der Waals surface area contributed by atoms with Crippen molar-refractivity contribution >= 4 is 17.2 Å². The number of amides is 1. The molecule has 1 aliphatic heterocycles. The van der Waals surface area contributed by atoms with Crippen molar-refractivity contribution in [3.8, 4) is 0 Å². The van der Waals surface area contributed by atoms with Crippen LogP contribution in [0.25, 0.3) is 0 Å². The largest absolute Gasteiger partial charge is 0.380 e. The first-order valence-electron chi connectivity index (χ1n) is 7.89. The Morgan fingerprint density at radius 2 is 2.24 bits per heavy atom. The number of thiophene rings is 1. The van der Waals surface area contributed by atoms with Crippen LogP contribution in [0.2, 0.25) is 0 Å². The Hall–Kier alpha value is -0.910. The van der Waals surface area contributed by atoms with Crippen molar-refractivity contribution in [3.05, 3.63) is 21.9 Å². The maximum atomic E-state index is 12.6. The molecule has 1 aliphatic carbocycles. The van der Waals surface area contributed by atoms with Crippen molar-refractivity contribution in [1.29, 1.82) is 0 Å². The van der Waals surface area contributed by atoms with E-state index in [0.717, 1.165) is 32.3 Å². The molecular weight excluding hydrogens is 284 g/mol. The minimum Gasteiger partial charge on any atom is -0.380 e. The van der Waals surface area contributed by atoms with Crippen molar-refractivity contribution in [2.24, 2.45) is 0 Å². The lowest BCUT2D eigenvalue weighted by atomic mass is 10.3. The van der Waals surface area contributed by atoms with Gasteiger partial charge in [-0.3, -0.25) is 10.1 Å². The molecule has 2 fully saturated rings. The Labute approximate surface area is 130 Å². The van der Waals surface area contributed by atoms with Crippen LogP contribution in [-0.2, 0) is 9.53 Å². The first-order chi connectivity index (χ1) is 10.2. The summed E-state index contributed by atoms with van der Waals surface area (Å²) in [7, 11) is 0. The second-order valence-electron chi connectivity index (χ2n) is 6.04. The van der Waals surface area contributed by atoms with Crippen LogP contribution < -0.4 is 5.32 Å². The Morgan fingerprint density at radius 1 is 1.43 bits per heavy atom. The normalized spacial score (nSPS) is 23.2. The van der Waals surface area contributed by atoms with Gasteiger partial charge in [0, 0.05) is 22.9 Å². The maximum absolute atomic E-state index is 12.6. The molecule has 2 heterocycles. The Kier molecular flexibility index (Phi) is 4.33. The Morgan fingerprint density at radius 3 is 2.86 bits per heavy atom. The third-order valence-electron chi connectivity index (χ3n) is 4.29. The molecule has 4 nitrogen and oxygen atoms in total. The van der Waals surface area contributed by atoms with Crippen molar-refractivity contribution < 1.29 is 9.53 Å². The van der Waals surface area contributed by atoms with Gasteiger partial charge >= 0.3 is 0 Å². The van der Waals surface area contributed by atoms with E-state index in [4.69, 9.17) is 4.74 Å². The van der Waals surface area contributed by atoms with Crippen LogP contribution in [0.3, 0.4) is 0 Å². The molecule has 0 aromatic carbocycles. The van der Waals surface area contributed by atoms with Crippen LogP contribution >= 0.6 is 11.3 Å². The molecule has 5 heteroatoms. The summed E-state index contributed by atoms with van der Waals surface area (Å²) in [5.74, 6) is 0.262. The van der Waals surface area contributed by atoms with Gasteiger partial charge in [-0.2, -0.15) is 0 Å². The standard InChI is InChI=1S/C16H24N2O2S/c1-3-4-10-20-11-9-18-14(13-6-5-12(2)21-13)17-16(7-8-16)15(18)19/h5-6,14,17H,3-4,7-11H2,1-2H3. The van der Waals surface area contributed by atoms with Gasteiger partial charge < -0.3 is 9.64 Å². The second-order valence-corrected chi connectivity index (χ2v) is 7.36. The highest BCUT2D eigenvalue weighted by molar-refractivity contribution is 7.12. The molecule has 1 atom stereocenters. The molecule has 1 amide bonds. The van der Waals surface area contributed by atoms with Gasteiger partial charge in [0.2, 0.25) is 5.91 Å². The van der Waals surface area contributed by atoms with Crippen LogP contribution in [0.15, 0.2) is 12.1 Å². The van der Waals surface area contributed by atoms with E-state index in [9.17, 15) is 4.79 Å². The predicted octanol–water partition coefficient (Wildman–Crippen LogP) is 2.84. The third-order valence-corrected chi connectivity index (χ3v) is 5.35. The molecule has 0 bridgehead atoms. The first-order valence-corrected chi connectivity index (χ1v) is 8.71. The lowest BCUT2D eigenvalue weighted by molar-refractivity contribution is -0.131. The average Bonchev–Trinajstić information content (AvgIpc) is 3.05. The van der Waals surface area contributed by atoms with Crippen molar-refractivity contribution in [3.63, 3.8) is 0 Å². The monoisotopic (exact) mass is 308 g/mol. The molecule has 1 aromatic rings. The van der Waals surface area contributed by atoms with Crippen LogP contribution in [0.4, 0.5) is 0 Å². The number of unbranched alkanes of at least 4 members (excludes halogenated alkanes) is 1. The van der Waals surface area contributed by atoms with E-state index in [1.54, 1.807) is 11.3 Å². The molecule has 1 saturated heterocycles. The Bertz CT molecular complexity index is 510. The van der Waals surface area contributed by atoms with Crippen LogP contribution in [0, 0.1) is 6.92 Å². The highest BCUT2D eigenvalue weighted by Gasteiger charge is 2.59. The van der Waals surface area contributed by atoms with E-state index < -0.39 is 0 Å². The van der Waals surface area contributed by atoms with Gasteiger partial charge in [-0.25, -0.2) is 0 Å². The van der Waals surface area contributed by atoms with E-state index in [1.807, 2.05) is 4.90 Å². The highest BCUT2D eigenvalue weighted by Crippen LogP contribution is 2.46. The lowest BCUT2D eigenvalue weighted by Crippen LogP contribution is -2.34. The molecule has 3 rings (SSSR count). The summed E-state index contributed by atoms with van der Waals surface area (Å²) in [6, 6.07) is 4.26. The average molecular weight is 308 g/mol. The van der Waals surface area contributed by atoms with Gasteiger partial charge in [-0.1, -0.05) is 13.3 Å². The first kappa shape index (κ1) is 15.0. The minimum absolute atomic E-state index is 0.0356. The number of aryl methyl sites for hydroxylation is 1. The number of carbonyl (C=O) groups is 1. The van der Waals surface area contributed by atoms with Gasteiger partial charge in [-0.05, 0) is 38.3 Å². The summed E-state index contributed by atoms with van der Waals surface area (Å²) in [5, 5.41) is 3.55. The van der Waals surface area contributed by atoms with E-state index in [-0.39, 0.29) is 17.6 Å². The molecule has 2 aliphatic rings. The zero-order chi connectivity index (χ0) is 14.9.